The van der Waals surface area contributed by atoms with Gasteiger partial charge in [0.25, 0.3) is 5.91 Å². The Kier molecular flexibility index (Phi) is 6.94. The van der Waals surface area contributed by atoms with Gasteiger partial charge >= 0.3 is 5.97 Å². The lowest BCUT2D eigenvalue weighted by Gasteiger charge is -2.39. The molecule has 2 unspecified atom stereocenters. The van der Waals surface area contributed by atoms with Gasteiger partial charge in [-0.15, -0.1) is 0 Å². The third-order valence-electron chi connectivity index (χ3n) is 5.20. The van der Waals surface area contributed by atoms with Crippen molar-refractivity contribution in [3.8, 4) is 0 Å². The molecule has 0 bridgehead atoms. The maximum atomic E-state index is 14.8. The quantitative estimate of drug-likeness (QED) is 0.673. The van der Waals surface area contributed by atoms with Gasteiger partial charge in [0.05, 0.1) is 36.2 Å². The Hall–Kier alpha value is -2.65. The highest BCUT2D eigenvalue weighted by Gasteiger charge is 2.33. The average molecular weight is 439 g/mol. The van der Waals surface area contributed by atoms with Gasteiger partial charge in [0, 0.05) is 20.2 Å². The molecule has 8 nitrogen and oxygen atoms in total. The van der Waals surface area contributed by atoms with Crippen molar-refractivity contribution < 1.29 is 23.5 Å². The summed E-state index contributed by atoms with van der Waals surface area (Å²) in [4.78, 5) is 33.1. The summed E-state index contributed by atoms with van der Waals surface area (Å²) in [6.45, 7) is 2.71. The number of hydrogen-bond donors (Lipinski definition) is 2. The number of methoxy groups -OCH3 is 2. The van der Waals surface area contributed by atoms with E-state index in [1.54, 1.807) is 17.0 Å². The van der Waals surface area contributed by atoms with Crippen LogP contribution in [0.25, 0.3) is 0 Å². The summed E-state index contributed by atoms with van der Waals surface area (Å²) < 4.78 is 25.0. The minimum Gasteiger partial charge on any atom is -0.465 e. The molecule has 0 spiro atoms. The van der Waals surface area contributed by atoms with Crippen molar-refractivity contribution in [2.24, 2.45) is 0 Å². The first kappa shape index (κ1) is 22.0. The van der Waals surface area contributed by atoms with Crippen molar-refractivity contribution in [3.05, 3.63) is 46.3 Å². The molecule has 0 aliphatic carbocycles. The smallest absolute Gasteiger partial charge is 0.340 e. The summed E-state index contributed by atoms with van der Waals surface area (Å²) >= 11 is 6.01. The fourth-order valence-electron chi connectivity index (χ4n) is 3.54. The molecule has 1 aliphatic heterocycles. The van der Waals surface area contributed by atoms with Crippen molar-refractivity contribution in [1.29, 1.82) is 0 Å². The van der Waals surface area contributed by atoms with Gasteiger partial charge in [0.15, 0.2) is 16.8 Å². The second kappa shape index (κ2) is 9.44. The minimum absolute atomic E-state index is 0.124. The zero-order chi connectivity index (χ0) is 21.8. The van der Waals surface area contributed by atoms with Crippen molar-refractivity contribution in [1.82, 2.24) is 15.3 Å². The average Bonchev–Trinajstić information content (AvgIpc) is 3.14. The molecule has 1 aliphatic rings. The van der Waals surface area contributed by atoms with Gasteiger partial charge in [-0.3, -0.25) is 4.79 Å². The number of amides is 1. The second-order valence-electron chi connectivity index (χ2n) is 6.93. The maximum absolute atomic E-state index is 14.8. The molecule has 2 heterocycles. The van der Waals surface area contributed by atoms with Gasteiger partial charge in [-0.1, -0.05) is 24.6 Å². The number of carbonyl (C=O) groups is 2. The molecular formula is C20H24ClFN4O4. The molecule has 30 heavy (non-hydrogen) atoms. The Morgan fingerprint density at radius 2 is 2.17 bits per heavy atom. The summed E-state index contributed by atoms with van der Waals surface area (Å²) in [5.41, 5.74) is 0.858. The first-order chi connectivity index (χ1) is 14.4. The number of ether oxygens (including phenoxy) is 2. The van der Waals surface area contributed by atoms with E-state index in [2.05, 4.69) is 20.0 Å². The summed E-state index contributed by atoms with van der Waals surface area (Å²) in [5.74, 6) is -1.61. The Balaban J connectivity index is 1.72. The number of aromatic amines is 1. The molecule has 0 radical (unpaired) electrons. The lowest BCUT2D eigenvalue weighted by Crippen LogP contribution is -2.55. The summed E-state index contributed by atoms with van der Waals surface area (Å²) in [5, 5.41) is 3.19. The van der Waals surface area contributed by atoms with Crippen LogP contribution in [0.2, 0.25) is 5.15 Å². The van der Waals surface area contributed by atoms with Gasteiger partial charge in [-0.25, -0.2) is 14.2 Å². The standard InChI is InChI=1S/C20H24ClFN4O4/c1-4-12-17(21)25-18(23-12)19(27)24-13-8-9-26(10-15(13)29-2)14-7-5-6-11(16(14)22)20(28)30-3/h5-7,13,15H,4,8-10H2,1-3H3,(H,23,25)(H,24,27). The van der Waals surface area contributed by atoms with E-state index in [1.807, 2.05) is 6.92 Å². The van der Waals surface area contributed by atoms with E-state index >= 15 is 0 Å². The highest BCUT2D eigenvalue weighted by molar-refractivity contribution is 6.30. The molecule has 1 aromatic carbocycles. The zero-order valence-electron chi connectivity index (χ0n) is 17.0. The van der Waals surface area contributed by atoms with Crippen LogP contribution in [0.15, 0.2) is 18.2 Å². The van der Waals surface area contributed by atoms with Crippen LogP contribution in [-0.4, -0.2) is 61.3 Å². The molecule has 1 amide bonds. The highest BCUT2D eigenvalue weighted by Crippen LogP contribution is 2.27. The number of benzene rings is 1. The lowest BCUT2D eigenvalue weighted by molar-refractivity contribution is 0.0535. The number of carbonyl (C=O) groups excluding carboxylic acids is 2. The first-order valence-corrected chi connectivity index (χ1v) is 9.97. The number of nitrogens with zero attached hydrogens (tertiary/aromatic N) is 2. The number of aromatic nitrogens is 2. The normalized spacial score (nSPS) is 18.9. The molecule has 0 saturated carbocycles. The number of halogens is 2. The van der Waals surface area contributed by atoms with Gasteiger partial charge in [0.2, 0.25) is 0 Å². The van der Waals surface area contributed by atoms with Crippen LogP contribution < -0.4 is 10.2 Å². The largest absolute Gasteiger partial charge is 0.465 e. The highest BCUT2D eigenvalue weighted by atomic mass is 35.5. The summed E-state index contributed by atoms with van der Waals surface area (Å²) in [6, 6.07) is 4.29. The molecule has 10 heteroatoms. The minimum atomic E-state index is -0.733. The molecular weight excluding hydrogens is 415 g/mol. The van der Waals surface area contributed by atoms with Crippen LogP contribution in [0.4, 0.5) is 10.1 Å². The first-order valence-electron chi connectivity index (χ1n) is 9.59. The molecule has 3 rings (SSSR count). The maximum Gasteiger partial charge on any atom is 0.340 e. The number of H-pyrrole nitrogens is 1. The summed E-state index contributed by atoms with van der Waals surface area (Å²) in [6.07, 6.45) is 0.760. The fraction of sp³-hybridized carbons (Fsp3) is 0.450. The number of piperidine rings is 1. The molecule has 2 N–H and O–H groups in total. The SMILES string of the molecule is CCc1[nH]c(C(=O)NC2CCN(c3cccc(C(=O)OC)c3F)CC2OC)nc1Cl. The third-order valence-corrected chi connectivity index (χ3v) is 5.51. The number of anilines is 1. The van der Waals surface area contributed by atoms with Crippen LogP contribution in [0.3, 0.4) is 0 Å². The van der Waals surface area contributed by atoms with E-state index < -0.39 is 11.8 Å². The number of hydrogen-bond acceptors (Lipinski definition) is 6. The van der Waals surface area contributed by atoms with E-state index in [-0.39, 0.29) is 40.3 Å². The molecule has 2 aromatic rings. The Morgan fingerprint density at radius 3 is 2.80 bits per heavy atom. The van der Waals surface area contributed by atoms with Crippen LogP contribution in [0, 0.1) is 5.82 Å². The molecule has 1 aromatic heterocycles. The molecule has 2 atom stereocenters. The Bertz CT molecular complexity index is 936. The van der Waals surface area contributed by atoms with Gasteiger partial charge in [-0.2, -0.15) is 0 Å². The van der Waals surface area contributed by atoms with Crippen LogP contribution in [0.1, 0.15) is 40.0 Å². The van der Waals surface area contributed by atoms with E-state index in [0.29, 0.717) is 31.6 Å². The van der Waals surface area contributed by atoms with Crippen molar-refractivity contribution in [3.63, 3.8) is 0 Å². The molecule has 162 valence electrons. The number of rotatable bonds is 6. The topological polar surface area (TPSA) is 96.6 Å². The van der Waals surface area contributed by atoms with E-state index in [4.69, 9.17) is 16.3 Å². The van der Waals surface area contributed by atoms with Gasteiger partial charge in [-0.05, 0) is 25.0 Å². The fourth-order valence-corrected chi connectivity index (χ4v) is 3.80. The van der Waals surface area contributed by atoms with Crippen LogP contribution >= 0.6 is 11.6 Å². The van der Waals surface area contributed by atoms with Gasteiger partial charge in [0.1, 0.15) is 0 Å². The van der Waals surface area contributed by atoms with E-state index in [9.17, 15) is 14.0 Å². The van der Waals surface area contributed by atoms with Crippen molar-refractivity contribution in [2.75, 3.05) is 32.2 Å². The lowest BCUT2D eigenvalue weighted by atomic mass is 10.00. The Morgan fingerprint density at radius 1 is 1.40 bits per heavy atom. The predicted octanol–water partition coefficient (Wildman–Crippen LogP) is 2.57. The second-order valence-corrected chi connectivity index (χ2v) is 7.29. The van der Waals surface area contributed by atoms with Crippen LogP contribution in [0.5, 0.6) is 0 Å². The third kappa shape index (κ3) is 4.41. The monoisotopic (exact) mass is 438 g/mol. The number of esters is 1. The number of imidazole rings is 1. The van der Waals surface area contributed by atoms with Crippen molar-refractivity contribution in [2.45, 2.75) is 31.9 Å². The van der Waals surface area contributed by atoms with Crippen LogP contribution in [-0.2, 0) is 15.9 Å². The zero-order valence-corrected chi connectivity index (χ0v) is 17.8. The molecule has 1 saturated heterocycles. The van der Waals surface area contributed by atoms with Crippen molar-refractivity contribution >= 4 is 29.2 Å². The molecule has 1 fully saturated rings. The number of aryl methyl sites for hydroxylation is 1. The van der Waals surface area contributed by atoms with E-state index in [1.165, 1.54) is 20.3 Å². The van der Waals surface area contributed by atoms with E-state index in [0.717, 1.165) is 0 Å². The Labute approximate surface area is 178 Å². The van der Waals surface area contributed by atoms with Gasteiger partial charge < -0.3 is 24.7 Å². The number of nitrogens with one attached hydrogen (secondary N) is 2. The predicted molar refractivity (Wildman–Crippen MR) is 110 cm³/mol. The summed E-state index contributed by atoms with van der Waals surface area (Å²) in [7, 11) is 2.74.